The third-order valence-corrected chi connectivity index (χ3v) is 6.24. The fourth-order valence-electron chi connectivity index (χ4n) is 4.39. The Morgan fingerprint density at radius 2 is 1.79 bits per heavy atom. The van der Waals surface area contributed by atoms with Crippen LogP contribution < -0.4 is 4.74 Å². The van der Waals surface area contributed by atoms with E-state index in [9.17, 15) is 9.90 Å². The second kappa shape index (κ2) is 11.2. The number of unbranched alkanes of at least 4 members (excludes halogenated alkanes) is 1. The maximum atomic E-state index is 11.6. The second-order valence-corrected chi connectivity index (χ2v) is 8.50. The van der Waals surface area contributed by atoms with E-state index in [1.165, 1.54) is 15.7 Å². The van der Waals surface area contributed by atoms with Crippen molar-refractivity contribution in [2.75, 3.05) is 26.3 Å². The third-order valence-electron chi connectivity index (χ3n) is 6.24. The zero-order chi connectivity index (χ0) is 23.0. The predicted molar refractivity (Wildman–Crippen MR) is 128 cm³/mol. The quantitative estimate of drug-likeness (QED) is 0.447. The topological polar surface area (TPSA) is 79.2 Å². The predicted octanol–water partition coefficient (Wildman–Crippen LogP) is 5.04. The molecule has 33 heavy (non-hydrogen) atoms. The van der Waals surface area contributed by atoms with Gasteiger partial charge in [-0.05, 0) is 59.4 Å². The molecule has 1 aliphatic rings. The molecule has 6 heteroatoms. The average Bonchev–Trinajstić information content (AvgIpc) is 2.85. The van der Waals surface area contributed by atoms with Gasteiger partial charge in [0.15, 0.2) is 0 Å². The highest BCUT2D eigenvalue weighted by Gasteiger charge is 2.33. The van der Waals surface area contributed by atoms with E-state index in [2.05, 4.69) is 42.5 Å². The zero-order valence-corrected chi connectivity index (χ0v) is 18.7. The number of piperidine rings is 1. The minimum Gasteiger partial charge on any atom is -0.494 e. The Morgan fingerprint density at radius 3 is 2.55 bits per heavy atom. The molecule has 0 aromatic heterocycles. The van der Waals surface area contributed by atoms with Gasteiger partial charge in [0.2, 0.25) is 0 Å². The first-order valence-corrected chi connectivity index (χ1v) is 11.5. The number of aliphatic hydroxyl groups is 1. The first-order valence-electron chi connectivity index (χ1n) is 11.5. The molecule has 4 rings (SSSR count). The van der Waals surface area contributed by atoms with Gasteiger partial charge < -0.3 is 24.6 Å². The van der Waals surface area contributed by atoms with Crippen molar-refractivity contribution in [2.45, 2.75) is 37.9 Å². The van der Waals surface area contributed by atoms with Gasteiger partial charge in [0.05, 0.1) is 25.9 Å². The molecule has 1 saturated heterocycles. The van der Waals surface area contributed by atoms with Crippen LogP contribution in [0.25, 0.3) is 10.8 Å². The number of amides is 1. The number of rotatable bonds is 9. The van der Waals surface area contributed by atoms with Crippen LogP contribution in [0.1, 0.15) is 36.3 Å². The molecule has 3 aromatic carbocycles. The number of fused-ring (bicyclic) bond motifs is 1. The van der Waals surface area contributed by atoms with Crippen molar-refractivity contribution >= 4 is 16.9 Å². The third kappa shape index (κ3) is 6.03. The van der Waals surface area contributed by atoms with Crippen LogP contribution in [0.5, 0.6) is 5.75 Å². The van der Waals surface area contributed by atoms with Crippen LogP contribution >= 0.6 is 0 Å². The Kier molecular flexibility index (Phi) is 7.81. The molecule has 1 fully saturated rings. The lowest BCUT2D eigenvalue weighted by molar-refractivity contribution is -0.0199. The summed E-state index contributed by atoms with van der Waals surface area (Å²) in [6, 6.07) is 22.5. The molecule has 2 unspecified atom stereocenters. The van der Waals surface area contributed by atoms with Crippen LogP contribution in [0.15, 0.2) is 66.7 Å². The summed E-state index contributed by atoms with van der Waals surface area (Å²) in [5.41, 5.74) is 2.21. The Hall–Kier alpha value is -3.09. The van der Waals surface area contributed by atoms with Gasteiger partial charge in [0.1, 0.15) is 5.75 Å². The van der Waals surface area contributed by atoms with Crippen molar-refractivity contribution in [1.29, 1.82) is 0 Å². The van der Waals surface area contributed by atoms with Crippen molar-refractivity contribution in [3.8, 4) is 5.75 Å². The molecule has 6 nitrogen and oxygen atoms in total. The first-order chi connectivity index (χ1) is 16.1. The van der Waals surface area contributed by atoms with Gasteiger partial charge in [-0.1, -0.05) is 48.5 Å². The second-order valence-electron chi connectivity index (χ2n) is 8.50. The van der Waals surface area contributed by atoms with E-state index in [-0.39, 0.29) is 18.6 Å². The summed E-state index contributed by atoms with van der Waals surface area (Å²) < 4.78 is 12.1. The molecule has 2 atom stereocenters. The van der Waals surface area contributed by atoms with Gasteiger partial charge in [0.25, 0.3) is 0 Å². The lowest BCUT2D eigenvalue weighted by Crippen LogP contribution is -2.46. The van der Waals surface area contributed by atoms with Gasteiger partial charge >= 0.3 is 6.09 Å². The fraction of sp³-hybridized carbons (Fsp3) is 0.370. The van der Waals surface area contributed by atoms with Gasteiger partial charge in [0, 0.05) is 19.1 Å². The summed E-state index contributed by atoms with van der Waals surface area (Å²) in [5.74, 6) is 0.915. The number of aliphatic hydroxyl groups excluding tert-OH is 1. The lowest BCUT2D eigenvalue weighted by Gasteiger charge is -2.37. The number of benzene rings is 3. The first kappa shape index (κ1) is 23.1. The van der Waals surface area contributed by atoms with Gasteiger partial charge in [-0.25, -0.2) is 4.79 Å². The number of nitrogens with zero attached hydrogens (tertiary/aromatic N) is 1. The molecule has 0 aliphatic carbocycles. The maximum absolute atomic E-state index is 11.6. The molecule has 1 amide bonds. The number of ether oxygens (including phenoxy) is 2. The molecule has 0 radical (unpaired) electrons. The normalized spacial score (nSPS) is 18.4. The SMILES string of the molecule is O=C(O)N1CCC(c2ccc(OCCCCO)cc2)C(OCc2ccc3ccccc3c2)C1. The van der Waals surface area contributed by atoms with Crippen molar-refractivity contribution in [1.82, 2.24) is 4.90 Å². The molecule has 174 valence electrons. The largest absolute Gasteiger partial charge is 0.494 e. The van der Waals surface area contributed by atoms with Crippen molar-refractivity contribution < 1.29 is 24.5 Å². The minimum atomic E-state index is -0.903. The van der Waals surface area contributed by atoms with Crippen molar-refractivity contribution in [3.05, 3.63) is 77.9 Å². The van der Waals surface area contributed by atoms with E-state index in [1.807, 2.05) is 24.3 Å². The summed E-state index contributed by atoms with van der Waals surface area (Å²) in [7, 11) is 0. The summed E-state index contributed by atoms with van der Waals surface area (Å²) in [4.78, 5) is 13.0. The van der Waals surface area contributed by atoms with E-state index >= 15 is 0 Å². The summed E-state index contributed by atoms with van der Waals surface area (Å²) in [6.45, 7) is 2.04. The standard InChI is InChI=1S/C27H31NO5/c29-15-3-4-16-32-24-11-9-22(10-12-24)25-13-14-28(27(30)31)18-26(25)33-19-20-7-8-21-5-1-2-6-23(21)17-20/h1-2,5-12,17,25-26,29H,3-4,13-16,18-19H2,(H,30,31). The minimum absolute atomic E-state index is 0.115. The smallest absolute Gasteiger partial charge is 0.407 e. The molecule has 3 aromatic rings. The van der Waals surface area contributed by atoms with Gasteiger partial charge in [-0.2, -0.15) is 0 Å². The van der Waals surface area contributed by atoms with Crippen LogP contribution in [0, 0.1) is 0 Å². The summed E-state index contributed by atoms with van der Waals surface area (Å²) in [6.07, 6.45) is 1.13. The van der Waals surface area contributed by atoms with Gasteiger partial charge in [-0.3, -0.25) is 0 Å². The molecule has 1 heterocycles. The Bertz CT molecular complexity index is 1050. The van der Waals surface area contributed by atoms with Gasteiger partial charge in [-0.15, -0.1) is 0 Å². The van der Waals surface area contributed by atoms with E-state index in [1.54, 1.807) is 0 Å². The number of carbonyl (C=O) groups is 1. The Balaban J connectivity index is 1.44. The number of hydrogen-bond acceptors (Lipinski definition) is 4. The molecule has 2 N–H and O–H groups in total. The number of hydrogen-bond donors (Lipinski definition) is 2. The number of likely N-dealkylation sites (tertiary alicyclic amines) is 1. The zero-order valence-electron chi connectivity index (χ0n) is 18.7. The fourth-order valence-corrected chi connectivity index (χ4v) is 4.39. The molecule has 0 bridgehead atoms. The summed E-state index contributed by atoms with van der Waals surface area (Å²) >= 11 is 0. The monoisotopic (exact) mass is 449 g/mol. The lowest BCUT2D eigenvalue weighted by atomic mass is 9.87. The van der Waals surface area contributed by atoms with Crippen LogP contribution in [0.4, 0.5) is 4.79 Å². The maximum Gasteiger partial charge on any atom is 0.407 e. The molecular formula is C27H31NO5. The molecule has 1 aliphatic heterocycles. The van der Waals surface area contributed by atoms with E-state index in [4.69, 9.17) is 14.6 Å². The highest BCUT2D eigenvalue weighted by atomic mass is 16.5. The van der Waals surface area contributed by atoms with Crippen LogP contribution in [0.2, 0.25) is 0 Å². The summed E-state index contributed by atoms with van der Waals surface area (Å²) in [5, 5.41) is 20.7. The average molecular weight is 450 g/mol. The van der Waals surface area contributed by atoms with E-state index in [0.717, 1.165) is 29.7 Å². The Labute approximate surface area is 194 Å². The highest BCUT2D eigenvalue weighted by molar-refractivity contribution is 5.82. The van der Waals surface area contributed by atoms with Crippen LogP contribution in [-0.4, -0.2) is 53.6 Å². The van der Waals surface area contributed by atoms with Crippen molar-refractivity contribution in [3.63, 3.8) is 0 Å². The van der Waals surface area contributed by atoms with Crippen LogP contribution in [0.3, 0.4) is 0 Å². The van der Waals surface area contributed by atoms with Crippen LogP contribution in [-0.2, 0) is 11.3 Å². The van der Waals surface area contributed by atoms with Crippen molar-refractivity contribution in [2.24, 2.45) is 0 Å². The Morgan fingerprint density at radius 1 is 1.00 bits per heavy atom. The highest BCUT2D eigenvalue weighted by Crippen LogP contribution is 2.32. The molecular weight excluding hydrogens is 418 g/mol. The molecule has 0 saturated carbocycles. The molecule has 0 spiro atoms. The van der Waals surface area contributed by atoms with E-state index in [0.29, 0.717) is 32.7 Å². The number of carboxylic acid groups (broad SMARTS) is 1. The van der Waals surface area contributed by atoms with E-state index < -0.39 is 6.09 Å².